The molecule has 1 amide bonds. The highest BCUT2D eigenvalue weighted by molar-refractivity contribution is 7.92. The number of ether oxygens (including phenoxy) is 1. The second kappa shape index (κ2) is 6.92. The molecule has 2 N–H and O–H groups in total. The number of carbonyl (C=O) groups excluding carboxylic acids is 1. The highest BCUT2D eigenvalue weighted by Crippen LogP contribution is 2.44. The second-order valence-electron chi connectivity index (χ2n) is 6.68. The normalized spacial score (nSPS) is 19.6. The number of anilines is 1. The van der Waals surface area contributed by atoms with Crippen LogP contribution in [0.2, 0.25) is 0 Å². The maximum absolute atomic E-state index is 15.3. The van der Waals surface area contributed by atoms with Crippen molar-refractivity contribution in [2.75, 3.05) is 17.4 Å². The summed E-state index contributed by atoms with van der Waals surface area (Å²) in [6.07, 6.45) is 0. The summed E-state index contributed by atoms with van der Waals surface area (Å²) in [4.78, 5) is 11.6. The third kappa shape index (κ3) is 3.51. The largest absolute Gasteiger partial charge is 0.487 e. The molecule has 154 valence electrons. The molecule has 0 aromatic heterocycles. The fourth-order valence-corrected chi connectivity index (χ4v) is 4.48. The Labute approximate surface area is 164 Å². The molecular weight excluding hydrogens is 411 g/mol. The summed E-state index contributed by atoms with van der Waals surface area (Å²) in [5, 5.41) is 2.42. The number of carbonyl (C=O) groups is 1. The van der Waals surface area contributed by atoms with Crippen molar-refractivity contribution in [3.05, 3.63) is 58.9 Å². The smallest absolute Gasteiger partial charge is 0.326 e. The van der Waals surface area contributed by atoms with Crippen molar-refractivity contribution >= 4 is 21.8 Å². The van der Waals surface area contributed by atoms with Crippen LogP contribution in [0.15, 0.2) is 36.4 Å². The summed E-state index contributed by atoms with van der Waals surface area (Å²) in [6, 6.07) is 9.63. The van der Waals surface area contributed by atoms with Crippen LogP contribution in [0.4, 0.5) is 18.9 Å². The van der Waals surface area contributed by atoms with Gasteiger partial charge in [-0.1, -0.05) is 30.3 Å². The lowest BCUT2D eigenvalue weighted by Gasteiger charge is -2.29. The zero-order chi connectivity index (χ0) is 20.8. The van der Waals surface area contributed by atoms with Crippen molar-refractivity contribution in [3.63, 3.8) is 0 Å². The molecule has 0 radical (unpaired) electrons. The Bertz CT molecular complexity index is 1080. The third-order valence-corrected chi connectivity index (χ3v) is 6.03. The molecule has 0 aliphatic carbocycles. The summed E-state index contributed by atoms with van der Waals surface area (Å²) in [5.74, 6) is -5.78. The van der Waals surface area contributed by atoms with Crippen molar-refractivity contribution in [1.29, 1.82) is 0 Å². The molecule has 2 aromatic carbocycles. The molecule has 1 saturated heterocycles. The second-order valence-corrected chi connectivity index (χ2v) is 8.28. The van der Waals surface area contributed by atoms with Gasteiger partial charge in [-0.15, -0.1) is 0 Å². The summed E-state index contributed by atoms with van der Waals surface area (Å²) in [6.45, 7) is -1.67. The first-order valence-electron chi connectivity index (χ1n) is 8.63. The minimum atomic E-state index is -4.37. The van der Waals surface area contributed by atoms with Gasteiger partial charge in [-0.05, 0) is 11.6 Å². The predicted molar refractivity (Wildman–Crippen MR) is 97.2 cm³/mol. The quantitative estimate of drug-likeness (QED) is 0.777. The van der Waals surface area contributed by atoms with E-state index in [1.54, 1.807) is 35.1 Å². The molecule has 0 unspecified atom stereocenters. The van der Waals surface area contributed by atoms with Crippen molar-refractivity contribution < 1.29 is 31.1 Å². The van der Waals surface area contributed by atoms with Crippen LogP contribution in [-0.2, 0) is 34.1 Å². The van der Waals surface area contributed by atoms with Crippen LogP contribution in [0.3, 0.4) is 0 Å². The van der Waals surface area contributed by atoms with Gasteiger partial charge in [0.05, 0.1) is 6.54 Å². The van der Waals surface area contributed by atoms with E-state index in [2.05, 4.69) is 5.32 Å². The SMILES string of the molecule is O=C1CN(c2c(OCc3ccccc3)cc3c(c2F)CNCC3(F)F)S(=O)(=O)N1. The zero-order valence-corrected chi connectivity index (χ0v) is 15.7. The first kappa shape index (κ1) is 19.5. The molecule has 0 spiro atoms. The van der Waals surface area contributed by atoms with Gasteiger partial charge < -0.3 is 10.1 Å². The van der Waals surface area contributed by atoms with Gasteiger partial charge in [-0.25, -0.2) is 13.4 Å². The highest BCUT2D eigenvalue weighted by atomic mass is 32.2. The molecular formula is C18H16F3N3O4S. The molecule has 2 heterocycles. The number of amides is 1. The number of nitrogens with zero attached hydrogens (tertiary/aromatic N) is 1. The Hall–Kier alpha value is -2.79. The lowest BCUT2D eigenvalue weighted by atomic mass is 9.95. The number of hydrogen-bond donors (Lipinski definition) is 2. The average Bonchev–Trinajstić information content (AvgIpc) is 2.93. The van der Waals surface area contributed by atoms with Crippen LogP contribution >= 0.6 is 0 Å². The number of hydrogen-bond acceptors (Lipinski definition) is 5. The lowest BCUT2D eigenvalue weighted by molar-refractivity contribution is -0.117. The summed E-state index contributed by atoms with van der Waals surface area (Å²) >= 11 is 0. The highest BCUT2D eigenvalue weighted by Gasteiger charge is 2.43. The molecule has 2 aliphatic rings. The Kier molecular flexibility index (Phi) is 4.66. The molecule has 7 nitrogen and oxygen atoms in total. The van der Waals surface area contributed by atoms with E-state index in [0.717, 1.165) is 6.07 Å². The number of halogens is 3. The van der Waals surface area contributed by atoms with E-state index in [1.165, 1.54) is 0 Å². The van der Waals surface area contributed by atoms with E-state index in [1.807, 2.05) is 0 Å². The lowest BCUT2D eigenvalue weighted by Crippen LogP contribution is -2.38. The van der Waals surface area contributed by atoms with Crippen LogP contribution in [0, 0.1) is 5.82 Å². The van der Waals surface area contributed by atoms with Crippen molar-refractivity contribution in [3.8, 4) is 5.75 Å². The van der Waals surface area contributed by atoms with Gasteiger partial charge in [0.1, 0.15) is 24.6 Å². The summed E-state index contributed by atoms with van der Waals surface area (Å²) < 4.78 is 76.3. The maximum atomic E-state index is 15.3. The molecule has 2 aromatic rings. The Balaban J connectivity index is 1.85. The van der Waals surface area contributed by atoms with E-state index < -0.39 is 52.2 Å². The standard InChI is InChI=1S/C18H16F3N3O4S/c19-16-12-7-22-10-18(20,21)13(12)6-14(28-9-11-4-2-1-3-5-11)17(16)24-8-15(25)23-29(24,26)27/h1-6,22H,7-10H2,(H,23,25). The fourth-order valence-electron chi connectivity index (χ4n) is 3.32. The molecule has 2 aliphatic heterocycles. The van der Waals surface area contributed by atoms with Crippen molar-refractivity contribution in [1.82, 2.24) is 10.0 Å². The number of alkyl halides is 2. The van der Waals surface area contributed by atoms with Crippen LogP contribution < -0.4 is 19.1 Å². The topological polar surface area (TPSA) is 87.7 Å². The molecule has 0 saturated carbocycles. The molecule has 4 rings (SSSR count). The average molecular weight is 427 g/mol. The van der Waals surface area contributed by atoms with Gasteiger partial charge in [0.15, 0.2) is 5.82 Å². The zero-order valence-electron chi connectivity index (χ0n) is 14.9. The number of rotatable bonds is 4. The van der Waals surface area contributed by atoms with Crippen LogP contribution in [0.1, 0.15) is 16.7 Å². The van der Waals surface area contributed by atoms with Gasteiger partial charge in [0, 0.05) is 17.7 Å². The summed E-state index contributed by atoms with van der Waals surface area (Å²) in [7, 11) is -4.37. The van der Waals surface area contributed by atoms with Crippen LogP contribution in [-0.4, -0.2) is 27.4 Å². The maximum Gasteiger partial charge on any atom is 0.326 e. The number of nitrogens with one attached hydrogen (secondary N) is 2. The van der Waals surface area contributed by atoms with Crippen molar-refractivity contribution in [2.45, 2.75) is 19.1 Å². The monoisotopic (exact) mass is 427 g/mol. The molecule has 0 atom stereocenters. The van der Waals surface area contributed by atoms with Gasteiger partial charge in [-0.2, -0.15) is 17.2 Å². The molecule has 29 heavy (non-hydrogen) atoms. The predicted octanol–water partition coefficient (Wildman–Crippen LogP) is 1.78. The molecule has 0 bridgehead atoms. The van der Waals surface area contributed by atoms with Gasteiger partial charge in [0.2, 0.25) is 0 Å². The molecule has 1 fully saturated rings. The first-order chi connectivity index (χ1) is 13.7. The van der Waals surface area contributed by atoms with E-state index in [9.17, 15) is 22.0 Å². The van der Waals surface area contributed by atoms with E-state index in [0.29, 0.717) is 9.87 Å². The van der Waals surface area contributed by atoms with Gasteiger partial charge >= 0.3 is 10.2 Å². The van der Waals surface area contributed by atoms with E-state index >= 15 is 4.39 Å². The Morgan fingerprint density at radius 1 is 1.21 bits per heavy atom. The minimum absolute atomic E-state index is 0.106. The minimum Gasteiger partial charge on any atom is -0.487 e. The van der Waals surface area contributed by atoms with Crippen LogP contribution in [0.5, 0.6) is 5.75 Å². The fraction of sp³-hybridized carbons (Fsp3) is 0.278. The molecule has 11 heteroatoms. The van der Waals surface area contributed by atoms with Gasteiger partial charge in [-0.3, -0.25) is 4.79 Å². The van der Waals surface area contributed by atoms with Gasteiger partial charge in [0.25, 0.3) is 11.8 Å². The van der Waals surface area contributed by atoms with E-state index in [-0.39, 0.29) is 24.5 Å². The third-order valence-electron chi connectivity index (χ3n) is 4.66. The summed E-state index contributed by atoms with van der Waals surface area (Å²) in [5.41, 5.74) is -0.838. The first-order valence-corrected chi connectivity index (χ1v) is 10.1. The van der Waals surface area contributed by atoms with Crippen molar-refractivity contribution in [2.24, 2.45) is 0 Å². The van der Waals surface area contributed by atoms with E-state index in [4.69, 9.17) is 4.74 Å². The Morgan fingerprint density at radius 3 is 2.59 bits per heavy atom. The Morgan fingerprint density at radius 2 is 1.93 bits per heavy atom. The number of fused-ring (bicyclic) bond motifs is 1. The van der Waals surface area contributed by atoms with Crippen LogP contribution in [0.25, 0.3) is 0 Å². The number of benzene rings is 2.